The fourth-order valence-corrected chi connectivity index (χ4v) is 5.56. The van der Waals surface area contributed by atoms with Crippen molar-refractivity contribution in [2.24, 2.45) is 0 Å². The molecule has 0 atom stereocenters. The third kappa shape index (κ3) is 7.94. The van der Waals surface area contributed by atoms with Gasteiger partial charge in [-0.15, -0.1) is 46.2 Å². The van der Waals surface area contributed by atoms with Crippen molar-refractivity contribution in [1.82, 2.24) is 4.98 Å². The molecule has 5 heteroatoms. The first-order valence-corrected chi connectivity index (χ1v) is 13.0. The smallest absolute Gasteiger partial charge is 0.155 e. The van der Waals surface area contributed by atoms with E-state index in [0.29, 0.717) is 0 Å². The zero-order valence-corrected chi connectivity index (χ0v) is 26.4. The quantitative estimate of drug-likeness (QED) is 0.133. The summed E-state index contributed by atoms with van der Waals surface area (Å²) in [5.74, 6) is -0.0625. The van der Waals surface area contributed by atoms with E-state index in [-0.39, 0.29) is 37.1 Å². The number of allylic oxidation sites excluding steroid dienone is 2. The third-order valence-corrected chi connectivity index (χ3v) is 7.00. The number of hydrogen-bond acceptors (Lipinski definition) is 4. The number of carbonyl (C=O) groups excluding carboxylic acids is 1. The fraction of sp³-hybridized carbons (Fsp3) is 0.312. The molecule has 0 amide bonds. The van der Waals surface area contributed by atoms with Gasteiger partial charge in [0.25, 0.3) is 0 Å². The van der Waals surface area contributed by atoms with Gasteiger partial charge in [-0.25, -0.2) is 0 Å². The molecule has 1 N–H and O–H groups in total. The van der Waals surface area contributed by atoms with E-state index in [9.17, 15) is 4.79 Å². The molecule has 2 aromatic carbocycles. The van der Waals surface area contributed by atoms with Crippen molar-refractivity contribution >= 4 is 27.2 Å². The van der Waals surface area contributed by atoms with Crippen LogP contribution in [0.4, 0.5) is 0 Å². The van der Waals surface area contributed by atoms with Crippen LogP contribution in [0, 0.1) is 33.8 Å². The zero-order valence-electron chi connectivity index (χ0n) is 23.2. The predicted molar refractivity (Wildman–Crippen MR) is 154 cm³/mol. The molecule has 0 unspecified atom stereocenters. The zero-order chi connectivity index (χ0) is 26.8. The Kier molecular flexibility index (Phi) is 10.2. The molecule has 0 bridgehead atoms. The summed E-state index contributed by atoms with van der Waals surface area (Å²) in [5.41, 5.74) is 10.1. The molecule has 0 aliphatic carbocycles. The van der Waals surface area contributed by atoms with E-state index in [1.165, 1.54) is 62.7 Å². The molecule has 0 spiro atoms. The minimum Gasteiger partial charge on any atom is -0.512 e. The number of aryl methyl sites for hydroxylation is 4. The number of aromatic nitrogens is 1. The summed E-state index contributed by atoms with van der Waals surface area (Å²) >= 11 is 1.86. The monoisotopic (exact) mass is 691 g/mol. The SMILES string of the molecule is CC(=O)/C=C(/C)O.Cc1[c-]c(-c2cc3sc(-c4c(C)cc(C(C)(C)C)cc4C)cc3cn2)cc(C)c1.[Ir]. The summed E-state index contributed by atoms with van der Waals surface area (Å²) in [6, 6.07) is 17.0. The molecule has 4 aromatic rings. The second-order valence-corrected chi connectivity index (χ2v) is 11.7. The van der Waals surface area contributed by atoms with E-state index in [1.807, 2.05) is 17.5 Å². The van der Waals surface area contributed by atoms with Crippen molar-refractivity contribution in [3.63, 3.8) is 0 Å². The van der Waals surface area contributed by atoms with Gasteiger partial charge >= 0.3 is 0 Å². The minimum atomic E-state index is -0.125. The second kappa shape index (κ2) is 12.3. The van der Waals surface area contributed by atoms with Gasteiger partial charge in [0.1, 0.15) is 0 Å². The Morgan fingerprint density at radius 2 is 1.59 bits per heavy atom. The molecule has 1 radical (unpaired) electrons. The first-order chi connectivity index (χ1) is 16.7. The molecule has 4 rings (SSSR count). The Morgan fingerprint density at radius 1 is 0.973 bits per heavy atom. The van der Waals surface area contributed by atoms with Crippen molar-refractivity contribution < 1.29 is 30.0 Å². The van der Waals surface area contributed by atoms with Gasteiger partial charge in [-0.05, 0) is 67.1 Å². The Labute approximate surface area is 239 Å². The molecule has 37 heavy (non-hydrogen) atoms. The van der Waals surface area contributed by atoms with Gasteiger partial charge in [-0.2, -0.15) is 0 Å². The Hall–Kier alpha value is -2.59. The second-order valence-electron chi connectivity index (χ2n) is 10.6. The van der Waals surface area contributed by atoms with Gasteiger partial charge in [0.2, 0.25) is 0 Å². The topological polar surface area (TPSA) is 50.2 Å². The van der Waals surface area contributed by atoms with Crippen molar-refractivity contribution in [2.75, 3.05) is 0 Å². The Bertz CT molecular complexity index is 1410. The van der Waals surface area contributed by atoms with Crippen LogP contribution in [0.1, 0.15) is 62.4 Å². The average Bonchev–Trinajstić information content (AvgIpc) is 3.14. The normalized spacial score (nSPS) is 11.5. The molecule has 0 fully saturated rings. The number of pyridine rings is 1. The largest absolute Gasteiger partial charge is 0.512 e. The predicted octanol–water partition coefficient (Wildman–Crippen LogP) is 9.00. The summed E-state index contributed by atoms with van der Waals surface area (Å²) in [5, 5.41) is 9.57. The van der Waals surface area contributed by atoms with Gasteiger partial charge in [-0.3, -0.25) is 4.79 Å². The molecular weight excluding hydrogens is 655 g/mol. The van der Waals surface area contributed by atoms with Crippen molar-refractivity contribution in [3.8, 4) is 21.7 Å². The molecule has 197 valence electrons. The van der Waals surface area contributed by atoms with Crippen LogP contribution in [-0.4, -0.2) is 15.9 Å². The summed E-state index contributed by atoms with van der Waals surface area (Å²) in [6.07, 6.45) is 3.17. The van der Waals surface area contributed by atoms with E-state index < -0.39 is 0 Å². The number of benzene rings is 2. The number of aliphatic hydroxyl groups excluding tert-OH is 1. The van der Waals surface area contributed by atoms with E-state index in [2.05, 4.69) is 90.9 Å². The van der Waals surface area contributed by atoms with Gasteiger partial charge < -0.3 is 10.1 Å². The van der Waals surface area contributed by atoms with E-state index in [1.54, 1.807) is 0 Å². The van der Waals surface area contributed by atoms with Gasteiger partial charge in [0.15, 0.2) is 5.78 Å². The van der Waals surface area contributed by atoms with E-state index >= 15 is 0 Å². The van der Waals surface area contributed by atoms with Crippen LogP contribution in [0.3, 0.4) is 0 Å². The van der Waals surface area contributed by atoms with Crippen LogP contribution in [-0.2, 0) is 30.3 Å². The molecule has 2 heterocycles. The fourth-order valence-electron chi connectivity index (χ4n) is 4.32. The van der Waals surface area contributed by atoms with E-state index in [0.717, 1.165) is 16.8 Å². The van der Waals surface area contributed by atoms with Crippen molar-refractivity contribution in [1.29, 1.82) is 0 Å². The van der Waals surface area contributed by atoms with Crippen LogP contribution in [0.25, 0.3) is 31.8 Å². The van der Waals surface area contributed by atoms with E-state index in [4.69, 9.17) is 10.1 Å². The standard InChI is InChI=1S/C27H28NS.C5H8O2.Ir/c1-16-8-17(2)10-20(9-16)23-14-24-21(15-28-23)13-25(29-24)26-18(3)11-22(12-19(26)4)27(5,6)7;1-4(6)3-5(2)7;/h8-9,11-15H,1-7H3;3,6H,1-2H3;/q-1;;/b;4-3-;. The summed E-state index contributed by atoms with van der Waals surface area (Å²) in [7, 11) is 0. The van der Waals surface area contributed by atoms with Crippen LogP contribution in [0.5, 0.6) is 0 Å². The summed E-state index contributed by atoms with van der Waals surface area (Å²) in [4.78, 5) is 16.1. The van der Waals surface area contributed by atoms with Crippen LogP contribution in [0.15, 0.2) is 54.4 Å². The van der Waals surface area contributed by atoms with Gasteiger partial charge in [0.05, 0.1) is 5.76 Å². The third-order valence-electron chi connectivity index (χ3n) is 5.88. The molecule has 0 saturated heterocycles. The van der Waals surface area contributed by atoms with Crippen molar-refractivity contribution in [3.05, 3.63) is 88.3 Å². The average molecular weight is 691 g/mol. The number of aliphatic hydroxyl groups is 1. The number of rotatable bonds is 3. The number of thiophene rings is 1. The number of fused-ring (bicyclic) bond motifs is 1. The maximum absolute atomic E-state index is 10.0. The number of ketones is 1. The van der Waals surface area contributed by atoms with Gasteiger partial charge in [-0.1, -0.05) is 52.8 Å². The number of hydrogen-bond donors (Lipinski definition) is 1. The first kappa shape index (κ1) is 30.6. The number of nitrogens with zero attached hydrogens (tertiary/aromatic N) is 1. The molecule has 0 aliphatic rings. The van der Waals surface area contributed by atoms with Crippen molar-refractivity contribution in [2.45, 2.75) is 67.7 Å². The first-order valence-electron chi connectivity index (χ1n) is 12.1. The Balaban J connectivity index is 0.000000532. The summed E-state index contributed by atoms with van der Waals surface area (Å²) in [6.45, 7) is 18.4. The number of carbonyl (C=O) groups is 1. The van der Waals surface area contributed by atoms with Crippen LogP contribution >= 0.6 is 11.3 Å². The van der Waals surface area contributed by atoms with Crippen LogP contribution in [0.2, 0.25) is 0 Å². The summed E-state index contributed by atoms with van der Waals surface area (Å²) < 4.78 is 1.27. The maximum atomic E-state index is 10.0. The Morgan fingerprint density at radius 3 is 2.08 bits per heavy atom. The molecule has 0 aliphatic heterocycles. The van der Waals surface area contributed by atoms with Gasteiger partial charge in [0, 0.05) is 47.3 Å². The molecule has 3 nitrogen and oxygen atoms in total. The van der Waals surface area contributed by atoms with Crippen LogP contribution < -0.4 is 0 Å². The molecule has 2 aromatic heterocycles. The maximum Gasteiger partial charge on any atom is 0.155 e. The molecule has 0 saturated carbocycles. The molecular formula is C32H36IrNO2S-. The minimum absolute atomic E-state index is 0.